The molecule has 0 atom stereocenters. The van der Waals surface area contributed by atoms with Gasteiger partial charge in [-0.25, -0.2) is 4.79 Å². The molecule has 0 saturated heterocycles. The van der Waals surface area contributed by atoms with Crippen LogP contribution in [-0.4, -0.2) is 11.1 Å². The van der Waals surface area contributed by atoms with Gasteiger partial charge < -0.3 is 5.11 Å². The topological polar surface area (TPSA) is 37.3 Å². The fourth-order valence-corrected chi connectivity index (χ4v) is 1.83. The van der Waals surface area contributed by atoms with Crippen LogP contribution in [0.1, 0.15) is 56.0 Å². The molecular weight excluding hydrogens is 200 g/mol. The molecule has 0 spiro atoms. The van der Waals surface area contributed by atoms with Gasteiger partial charge in [0, 0.05) is 0 Å². The number of aromatic carboxylic acids is 1. The first-order valence-electron chi connectivity index (χ1n) is 5.81. The number of hydrogen-bond donors (Lipinski definition) is 1. The van der Waals surface area contributed by atoms with Gasteiger partial charge in [0.05, 0.1) is 5.56 Å². The third kappa shape index (κ3) is 3.09. The summed E-state index contributed by atoms with van der Waals surface area (Å²) < 4.78 is 0. The third-order valence-corrected chi connectivity index (χ3v) is 3.07. The van der Waals surface area contributed by atoms with Crippen molar-refractivity contribution in [2.75, 3.05) is 0 Å². The minimum absolute atomic E-state index is 0.132. The summed E-state index contributed by atoms with van der Waals surface area (Å²) in [6.45, 7) is 6.60. The number of carboxylic acid groups (broad SMARTS) is 1. The lowest BCUT2D eigenvalue weighted by Gasteiger charge is -2.25. The molecule has 1 rings (SSSR count). The zero-order valence-electron chi connectivity index (χ0n) is 10.3. The maximum absolute atomic E-state index is 10.7. The molecule has 0 fully saturated rings. The van der Waals surface area contributed by atoms with E-state index in [4.69, 9.17) is 5.11 Å². The molecule has 0 aliphatic heterocycles. The van der Waals surface area contributed by atoms with Gasteiger partial charge in [-0.3, -0.25) is 0 Å². The third-order valence-electron chi connectivity index (χ3n) is 3.07. The molecule has 0 amide bonds. The van der Waals surface area contributed by atoms with Crippen LogP contribution in [-0.2, 0) is 5.41 Å². The van der Waals surface area contributed by atoms with E-state index in [1.807, 2.05) is 12.1 Å². The van der Waals surface area contributed by atoms with E-state index < -0.39 is 5.97 Å². The number of unbranched alkanes of at least 4 members (excludes halogenated alkanes) is 1. The van der Waals surface area contributed by atoms with Crippen LogP contribution in [0.4, 0.5) is 0 Å². The normalized spacial score (nSPS) is 11.4. The van der Waals surface area contributed by atoms with E-state index in [0.717, 1.165) is 6.42 Å². The minimum Gasteiger partial charge on any atom is -0.478 e. The van der Waals surface area contributed by atoms with Crippen LogP contribution < -0.4 is 0 Å². The highest BCUT2D eigenvalue weighted by Crippen LogP contribution is 2.29. The quantitative estimate of drug-likeness (QED) is 0.818. The molecule has 2 heteroatoms. The van der Waals surface area contributed by atoms with Gasteiger partial charge in [0.1, 0.15) is 0 Å². The average Bonchev–Trinajstić information content (AvgIpc) is 2.26. The van der Waals surface area contributed by atoms with Crippen LogP contribution in [0, 0.1) is 0 Å². The fraction of sp³-hybridized carbons (Fsp3) is 0.500. The molecule has 1 N–H and O–H groups in total. The summed E-state index contributed by atoms with van der Waals surface area (Å²) in [5, 5.41) is 8.82. The van der Waals surface area contributed by atoms with E-state index in [1.54, 1.807) is 12.1 Å². The molecule has 0 radical (unpaired) electrons. The van der Waals surface area contributed by atoms with Crippen LogP contribution in [0.3, 0.4) is 0 Å². The van der Waals surface area contributed by atoms with E-state index in [-0.39, 0.29) is 5.41 Å². The molecule has 88 valence electrons. The van der Waals surface area contributed by atoms with Crippen LogP contribution in [0.2, 0.25) is 0 Å². The minimum atomic E-state index is -0.863. The SMILES string of the molecule is CCCCC(C)(C)c1ccc(C(=O)O)cc1. The fourth-order valence-electron chi connectivity index (χ4n) is 1.83. The maximum Gasteiger partial charge on any atom is 0.335 e. The van der Waals surface area contributed by atoms with E-state index in [2.05, 4.69) is 20.8 Å². The molecule has 1 aromatic rings. The first-order chi connectivity index (χ1) is 7.47. The van der Waals surface area contributed by atoms with E-state index in [9.17, 15) is 4.79 Å². The molecule has 0 aromatic heterocycles. The molecule has 0 aliphatic rings. The van der Waals surface area contributed by atoms with Gasteiger partial charge in [-0.15, -0.1) is 0 Å². The highest BCUT2D eigenvalue weighted by atomic mass is 16.4. The van der Waals surface area contributed by atoms with Gasteiger partial charge in [0.2, 0.25) is 0 Å². The zero-order chi connectivity index (χ0) is 12.2. The van der Waals surface area contributed by atoms with Gasteiger partial charge in [0.15, 0.2) is 0 Å². The smallest absolute Gasteiger partial charge is 0.335 e. The Bertz CT molecular complexity index is 350. The highest BCUT2D eigenvalue weighted by molar-refractivity contribution is 5.87. The van der Waals surface area contributed by atoms with Crippen LogP contribution in [0.5, 0.6) is 0 Å². The van der Waals surface area contributed by atoms with Gasteiger partial charge in [-0.1, -0.05) is 45.7 Å². The van der Waals surface area contributed by atoms with Crippen molar-refractivity contribution in [1.82, 2.24) is 0 Å². The molecule has 2 nitrogen and oxygen atoms in total. The summed E-state index contributed by atoms with van der Waals surface area (Å²) in [6.07, 6.45) is 3.53. The Morgan fingerprint density at radius 3 is 2.25 bits per heavy atom. The predicted molar refractivity (Wildman–Crippen MR) is 66.0 cm³/mol. The molecule has 0 bridgehead atoms. The maximum atomic E-state index is 10.7. The van der Waals surface area contributed by atoms with Crippen LogP contribution >= 0.6 is 0 Å². The first-order valence-corrected chi connectivity index (χ1v) is 5.81. The lowest BCUT2D eigenvalue weighted by molar-refractivity contribution is 0.0697. The second-order valence-corrected chi connectivity index (χ2v) is 4.87. The Kier molecular flexibility index (Phi) is 4.11. The zero-order valence-corrected chi connectivity index (χ0v) is 10.3. The van der Waals surface area contributed by atoms with Gasteiger partial charge >= 0.3 is 5.97 Å². The van der Waals surface area contributed by atoms with Gasteiger partial charge in [0.25, 0.3) is 0 Å². The van der Waals surface area contributed by atoms with Crippen molar-refractivity contribution < 1.29 is 9.90 Å². The predicted octanol–water partition coefficient (Wildman–Crippen LogP) is 3.85. The lowest BCUT2D eigenvalue weighted by Crippen LogP contribution is -2.17. The van der Waals surface area contributed by atoms with Crippen molar-refractivity contribution in [2.45, 2.75) is 45.4 Å². The average molecular weight is 220 g/mol. The van der Waals surface area contributed by atoms with Crippen molar-refractivity contribution in [3.8, 4) is 0 Å². The van der Waals surface area contributed by atoms with Crippen LogP contribution in [0.15, 0.2) is 24.3 Å². The summed E-state index contributed by atoms with van der Waals surface area (Å²) in [5.74, 6) is -0.863. The van der Waals surface area contributed by atoms with Crippen molar-refractivity contribution in [3.63, 3.8) is 0 Å². The second kappa shape index (κ2) is 5.15. The molecule has 0 heterocycles. The van der Waals surface area contributed by atoms with E-state index in [1.165, 1.54) is 18.4 Å². The largest absolute Gasteiger partial charge is 0.478 e. The number of carbonyl (C=O) groups is 1. The van der Waals surface area contributed by atoms with Crippen molar-refractivity contribution in [2.24, 2.45) is 0 Å². The highest BCUT2D eigenvalue weighted by Gasteiger charge is 2.19. The summed E-state index contributed by atoms with van der Waals surface area (Å²) in [7, 11) is 0. The summed E-state index contributed by atoms with van der Waals surface area (Å²) in [6, 6.07) is 7.23. The van der Waals surface area contributed by atoms with Crippen molar-refractivity contribution in [3.05, 3.63) is 35.4 Å². The Balaban J connectivity index is 2.83. The molecule has 0 aliphatic carbocycles. The summed E-state index contributed by atoms with van der Waals surface area (Å²) >= 11 is 0. The number of carboxylic acids is 1. The molecule has 1 aromatic carbocycles. The molecular formula is C14H20O2. The molecule has 0 unspecified atom stereocenters. The standard InChI is InChI=1S/C14H20O2/c1-4-5-10-14(2,3)12-8-6-11(7-9-12)13(15)16/h6-9H,4-5,10H2,1-3H3,(H,15,16). The number of benzene rings is 1. The van der Waals surface area contributed by atoms with Crippen molar-refractivity contribution >= 4 is 5.97 Å². The van der Waals surface area contributed by atoms with E-state index in [0.29, 0.717) is 5.56 Å². The Labute approximate surface area is 97.3 Å². The van der Waals surface area contributed by atoms with Gasteiger partial charge in [-0.2, -0.15) is 0 Å². The lowest BCUT2D eigenvalue weighted by atomic mass is 9.80. The first kappa shape index (κ1) is 12.8. The summed E-state index contributed by atoms with van der Waals surface area (Å²) in [4.78, 5) is 10.7. The Hall–Kier alpha value is -1.31. The van der Waals surface area contributed by atoms with E-state index >= 15 is 0 Å². The second-order valence-electron chi connectivity index (χ2n) is 4.87. The Morgan fingerprint density at radius 1 is 1.25 bits per heavy atom. The van der Waals surface area contributed by atoms with Gasteiger partial charge in [-0.05, 0) is 29.5 Å². The molecule has 16 heavy (non-hydrogen) atoms. The monoisotopic (exact) mass is 220 g/mol. The summed E-state index contributed by atoms with van der Waals surface area (Å²) in [5.41, 5.74) is 1.70. The number of hydrogen-bond acceptors (Lipinski definition) is 1. The Morgan fingerprint density at radius 2 is 1.81 bits per heavy atom. The van der Waals surface area contributed by atoms with Crippen LogP contribution in [0.25, 0.3) is 0 Å². The molecule has 0 saturated carbocycles. The number of rotatable bonds is 5. The van der Waals surface area contributed by atoms with Crippen molar-refractivity contribution in [1.29, 1.82) is 0 Å².